The zero-order valence-electron chi connectivity index (χ0n) is 61.2. The fraction of sp³-hybridized carbons (Fsp3) is 0.759. The van der Waals surface area contributed by atoms with E-state index in [0.717, 1.165) is 122 Å². The van der Waals surface area contributed by atoms with Gasteiger partial charge in [-0.3, -0.25) is 32.5 Å². The second-order valence-electron chi connectivity index (χ2n) is 25.8. The van der Waals surface area contributed by atoms with Crippen LogP contribution in [-0.2, 0) is 55.8 Å². The van der Waals surface area contributed by atoms with Crippen LogP contribution in [-0.4, -0.2) is 95.9 Å². The summed E-state index contributed by atoms with van der Waals surface area (Å²) in [6.45, 7) is 2.63. The van der Waals surface area contributed by atoms with E-state index in [1.165, 1.54) is 148 Å². The molecule has 0 aromatic rings. The number of phosphoric ester groups is 2. The SMILES string of the molecule is CCCCC/C=C\C/C=C\C/C=C\C/C=C\CCCCCCCCCCCCCC(=O)OCC(O)COP(=O)(O)OCC(O)COP(=O)(O)OCC(COC(=O)CCCCCCC/C=C\C/C=C\C/C=C\C/C=C\CCCCC)OC(=O)CCCCCCCCCCCCCCC. The summed E-state index contributed by atoms with van der Waals surface area (Å²) in [7, 11) is -9.78. The lowest BCUT2D eigenvalue weighted by Crippen LogP contribution is -2.30. The Balaban J connectivity index is 4.53. The van der Waals surface area contributed by atoms with Crippen LogP contribution in [0.4, 0.5) is 0 Å². The highest BCUT2D eigenvalue weighted by Crippen LogP contribution is 2.45. The van der Waals surface area contributed by atoms with E-state index < -0.39 is 91.5 Å². The van der Waals surface area contributed by atoms with Crippen molar-refractivity contribution in [2.24, 2.45) is 0 Å². The molecule has 0 bridgehead atoms. The summed E-state index contributed by atoms with van der Waals surface area (Å²) in [6.07, 6.45) is 81.6. The maximum absolute atomic E-state index is 12.9. The van der Waals surface area contributed by atoms with Gasteiger partial charge in [0.2, 0.25) is 0 Å². The van der Waals surface area contributed by atoms with Gasteiger partial charge in [0.15, 0.2) is 6.10 Å². The number of hydrogen-bond donors (Lipinski definition) is 4. The van der Waals surface area contributed by atoms with E-state index in [1.54, 1.807) is 0 Å². The molecule has 0 aliphatic carbocycles. The molecule has 0 aromatic carbocycles. The molecule has 0 radical (unpaired) electrons. The molecule has 0 saturated heterocycles. The number of aliphatic hydroxyl groups excluding tert-OH is 2. The van der Waals surface area contributed by atoms with Crippen molar-refractivity contribution in [3.05, 3.63) is 97.2 Å². The first-order valence-electron chi connectivity index (χ1n) is 38.5. The summed E-state index contributed by atoms with van der Waals surface area (Å²) in [5.74, 6) is -1.59. The minimum absolute atomic E-state index is 0.103. The molecule has 0 amide bonds. The van der Waals surface area contributed by atoms with Gasteiger partial charge in [-0.1, -0.05) is 298 Å². The Morgan fingerprint density at radius 1 is 0.289 bits per heavy atom. The molecule has 0 aromatic heterocycles. The molecule has 4 N–H and O–H groups in total. The Kier molecular flexibility index (Phi) is 69.6. The first-order chi connectivity index (χ1) is 47.2. The lowest BCUT2D eigenvalue weighted by molar-refractivity contribution is -0.161. The van der Waals surface area contributed by atoms with Crippen molar-refractivity contribution >= 4 is 33.6 Å². The van der Waals surface area contributed by atoms with Gasteiger partial charge in [0, 0.05) is 19.3 Å². The number of carbonyl (C=O) groups is 3. The molecule has 5 unspecified atom stereocenters. The molecule has 0 aliphatic rings. The van der Waals surface area contributed by atoms with E-state index in [0.29, 0.717) is 19.3 Å². The molecule has 18 heteroatoms. The number of unbranched alkanes of at least 4 members (excludes halogenated alkanes) is 34. The number of ether oxygens (including phenoxy) is 3. The standard InChI is InChI=1S/C79H140O16P2/c1-4-7-10-13-16-19-22-25-27-29-31-33-34-35-36-37-38-40-42-43-45-48-50-53-56-59-62-65-77(82)89-68-74(80)69-91-96(85,86)92-70-75(81)71-93-97(87,88)94-73-76(95-79(84)67-64-61-58-55-52-47-24-21-18-15-12-9-6-3)72-90-78(83)66-63-60-57-54-51-49-46-44-41-39-32-30-28-26-23-20-17-14-11-8-5-2/h16-17,19-20,25-28,31-33,35-36,39,44,46,74-76,80-81H,4-15,18,21-24,29-30,34,37-38,40-43,45,47-73H2,1-3H3,(H,85,86)(H,87,88)/b19-16-,20-17-,27-25-,28-26-,33-31-,36-35-,39-32-,46-44-. The Morgan fingerprint density at radius 3 is 0.835 bits per heavy atom. The quantitative estimate of drug-likeness (QED) is 0.0146. The van der Waals surface area contributed by atoms with E-state index in [2.05, 4.69) is 118 Å². The van der Waals surface area contributed by atoms with Gasteiger partial charge in [-0.25, -0.2) is 9.13 Å². The topological polar surface area (TPSA) is 231 Å². The number of esters is 3. The second kappa shape index (κ2) is 72.3. The lowest BCUT2D eigenvalue weighted by atomic mass is 10.0. The van der Waals surface area contributed by atoms with Crippen molar-refractivity contribution in [2.45, 2.75) is 347 Å². The van der Waals surface area contributed by atoms with Crippen LogP contribution in [0, 0.1) is 0 Å². The normalized spacial score (nSPS) is 14.6. The number of carbonyl (C=O) groups excluding carboxylic acids is 3. The van der Waals surface area contributed by atoms with Crippen molar-refractivity contribution in [1.29, 1.82) is 0 Å². The highest BCUT2D eigenvalue weighted by Gasteiger charge is 2.29. The highest BCUT2D eigenvalue weighted by atomic mass is 31.2. The molecule has 0 heterocycles. The van der Waals surface area contributed by atoms with Gasteiger partial charge in [0.25, 0.3) is 0 Å². The molecule has 0 aliphatic heterocycles. The zero-order valence-corrected chi connectivity index (χ0v) is 63.0. The lowest BCUT2D eigenvalue weighted by Gasteiger charge is -2.21. The zero-order chi connectivity index (χ0) is 70.9. The minimum Gasteiger partial charge on any atom is -0.463 e. The molecule has 5 atom stereocenters. The third kappa shape index (κ3) is 73.5. The van der Waals surface area contributed by atoms with Gasteiger partial charge in [0.05, 0.1) is 26.4 Å². The van der Waals surface area contributed by atoms with Gasteiger partial charge in [-0.05, 0) is 109 Å². The van der Waals surface area contributed by atoms with Crippen LogP contribution in [0.2, 0.25) is 0 Å². The maximum atomic E-state index is 12.9. The minimum atomic E-state index is -4.93. The van der Waals surface area contributed by atoms with Crippen LogP contribution in [0.1, 0.15) is 329 Å². The first-order valence-corrected chi connectivity index (χ1v) is 41.5. The summed E-state index contributed by atoms with van der Waals surface area (Å²) in [5, 5.41) is 20.6. The number of allylic oxidation sites excluding steroid dienone is 16. The third-order valence-electron chi connectivity index (χ3n) is 16.3. The number of phosphoric acid groups is 2. The van der Waals surface area contributed by atoms with Gasteiger partial charge in [0.1, 0.15) is 25.4 Å². The summed E-state index contributed by atoms with van der Waals surface area (Å²) in [4.78, 5) is 58.5. The van der Waals surface area contributed by atoms with Crippen molar-refractivity contribution in [3.8, 4) is 0 Å². The summed E-state index contributed by atoms with van der Waals surface area (Å²) < 4.78 is 61.1. The number of rotatable bonds is 73. The van der Waals surface area contributed by atoms with E-state index in [-0.39, 0.29) is 19.3 Å². The van der Waals surface area contributed by atoms with Crippen LogP contribution in [0.15, 0.2) is 97.2 Å². The smallest absolute Gasteiger partial charge is 0.463 e. The summed E-state index contributed by atoms with van der Waals surface area (Å²) >= 11 is 0. The van der Waals surface area contributed by atoms with Crippen LogP contribution in [0.5, 0.6) is 0 Å². The second-order valence-corrected chi connectivity index (χ2v) is 28.7. The molecule has 0 fully saturated rings. The van der Waals surface area contributed by atoms with Gasteiger partial charge >= 0.3 is 33.6 Å². The van der Waals surface area contributed by atoms with Crippen molar-refractivity contribution < 1.29 is 75.8 Å². The fourth-order valence-electron chi connectivity index (χ4n) is 10.4. The van der Waals surface area contributed by atoms with Crippen LogP contribution >= 0.6 is 15.6 Å². The van der Waals surface area contributed by atoms with Gasteiger partial charge in [-0.15, -0.1) is 0 Å². The first kappa shape index (κ1) is 93.5. The Morgan fingerprint density at radius 2 is 0.515 bits per heavy atom. The summed E-state index contributed by atoms with van der Waals surface area (Å²) in [5.41, 5.74) is 0. The maximum Gasteiger partial charge on any atom is 0.472 e. The van der Waals surface area contributed by atoms with Crippen molar-refractivity contribution in [1.82, 2.24) is 0 Å². The number of aliphatic hydroxyl groups is 2. The third-order valence-corrected chi connectivity index (χ3v) is 18.2. The molecular weight excluding hydrogens is 1270 g/mol. The van der Waals surface area contributed by atoms with Crippen molar-refractivity contribution in [3.63, 3.8) is 0 Å². The van der Waals surface area contributed by atoms with E-state index in [9.17, 15) is 43.5 Å². The average molecular weight is 1410 g/mol. The number of hydrogen-bond acceptors (Lipinski definition) is 14. The van der Waals surface area contributed by atoms with E-state index >= 15 is 0 Å². The fourth-order valence-corrected chi connectivity index (χ4v) is 11.9. The molecule has 562 valence electrons. The molecule has 0 rings (SSSR count). The average Bonchev–Trinajstić information content (AvgIpc) is 1.63. The molecule has 0 spiro atoms. The molecule has 16 nitrogen and oxygen atoms in total. The van der Waals surface area contributed by atoms with Gasteiger partial charge < -0.3 is 34.2 Å². The largest absolute Gasteiger partial charge is 0.472 e. The summed E-state index contributed by atoms with van der Waals surface area (Å²) in [6, 6.07) is 0. The monoisotopic (exact) mass is 1410 g/mol. The molecule has 0 saturated carbocycles. The highest BCUT2D eigenvalue weighted by molar-refractivity contribution is 7.47. The predicted molar refractivity (Wildman–Crippen MR) is 399 cm³/mol. The Hall–Kier alpha value is -3.53. The molecule has 97 heavy (non-hydrogen) atoms. The van der Waals surface area contributed by atoms with Crippen LogP contribution in [0.3, 0.4) is 0 Å². The Labute approximate surface area is 590 Å². The van der Waals surface area contributed by atoms with E-state index in [4.69, 9.17) is 32.3 Å². The van der Waals surface area contributed by atoms with Gasteiger partial charge in [-0.2, -0.15) is 0 Å². The molecular formula is C79H140O16P2. The van der Waals surface area contributed by atoms with Crippen LogP contribution in [0.25, 0.3) is 0 Å². The van der Waals surface area contributed by atoms with Crippen LogP contribution < -0.4 is 0 Å². The van der Waals surface area contributed by atoms with E-state index in [1.807, 2.05) is 0 Å². The predicted octanol–water partition coefficient (Wildman–Crippen LogP) is 22.2. The van der Waals surface area contributed by atoms with Crippen molar-refractivity contribution in [2.75, 3.05) is 39.6 Å². The Bertz CT molecular complexity index is 2150.